The number of aromatic nitrogens is 1. The van der Waals surface area contributed by atoms with Crippen LogP contribution in [0.15, 0.2) is 36.4 Å². The molecule has 0 saturated carbocycles. The van der Waals surface area contributed by atoms with Crippen molar-refractivity contribution >= 4 is 32.4 Å². The summed E-state index contributed by atoms with van der Waals surface area (Å²) in [7, 11) is 3.26. The minimum atomic E-state index is 0.696. The lowest BCUT2D eigenvalue weighted by atomic mass is 10.2. The van der Waals surface area contributed by atoms with E-state index < -0.39 is 0 Å². The summed E-state index contributed by atoms with van der Waals surface area (Å²) >= 11 is 1.65. The lowest BCUT2D eigenvalue weighted by Crippen LogP contribution is -1.93. The zero-order valence-electron chi connectivity index (χ0n) is 12.8. The highest BCUT2D eigenvalue weighted by atomic mass is 32.1. The van der Waals surface area contributed by atoms with Crippen molar-refractivity contribution in [3.05, 3.63) is 42.0 Å². The quantitative estimate of drug-likeness (QED) is 0.746. The van der Waals surface area contributed by atoms with Gasteiger partial charge in [0, 0.05) is 11.8 Å². The molecular formula is C17H18N2O2S. The molecule has 0 spiro atoms. The summed E-state index contributed by atoms with van der Waals surface area (Å²) in [5.41, 5.74) is 3.27. The van der Waals surface area contributed by atoms with Gasteiger partial charge in [0.25, 0.3) is 0 Å². The summed E-state index contributed by atoms with van der Waals surface area (Å²) in [6, 6.07) is 12.1. The van der Waals surface area contributed by atoms with Crippen LogP contribution in [0, 0.1) is 0 Å². The van der Waals surface area contributed by atoms with Gasteiger partial charge < -0.3 is 14.8 Å². The summed E-state index contributed by atoms with van der Waals surface area (Å²) in [5, 5.41) is 4.20. The highest BCUT2D eigenvalue weighted by Crippen LogP contribution is 2.33. The third-order valence-corrected chi connectivity index (χ3v) is 4.43. The Balaban J connectivity index is 1.89. The number of aryl methyl sites for hydroxylation is 1. The van der Waals surface area contributed by atoms with E-state index in [0.717, 1.165) is 22.8 Å². The molecule has 0 aliphatic rings. The fraction of sp³-hybridized carbons (Fsp3) is 0.235. The van der Waals surface area contributed by atoms with E-state index in [1.165, 1.54) is 10.3 Å². The number of nitrogens with one attached hydrogen (secondary N) is 1. The summed E-state index contributed by atoms with van der Waals surface area (Å²) < 4.78 is 11.8. The largest absolute Gasteiger partial charge is 0.493 e. The highest BCUT2D eigenvalue weighted by molar-refractivity contribution is 7.22. The second kappa shape index (κ2) is 6.23. The SMILES string of the molecule is CCc1ccc2nc(Nc3ccc(OC)c(OC)c3)sc2c1. The van der Waals surface area contributed by atoms with Crippen LogP contribution in [-0.4, -0.2) is 19.2 Å². The molecule has 0 aliphatic heterocycles. The van der Waals surface area contributed by atoms with Crippen molar-refractivity contribution in [3.63, 3.8) is 0 Å². The predicted octanol–water partition coefficient (Wildman–Crippen LogP) is 4.62. The standard InChI is InChI=1S/C17H18N2O2S/c1-4-11-5-7-13-16(9-11)22-17(19-13)18-12-6-8-14(20-2)15(10-12)21-3/h5-10H,4H2,1-3H3,(H,18,19). The number of rotatable bonds is 5. The smallest absolute Gasteiger partial charge is 0.188 e. The first-order chi connectivity index (χ1) is 10.7. The van der Waals surface area contributed by atoms with Gasteiger partial charge in [0.15, 0.2) is 16.6 Å². The lowest BCUT2D eigenvalue weighted by molar-refractivity contribution is 0.355. The molecule has 1 N–H and O–H groups in total. The maximum atomic E-state index is 5.32. The van der Waals surface area contributed by atoms with E-state index in [2.05, 4.69) is 35.4 Å². The molecule has 0 amide bonds. The Bertz CT molecular complexity index is 798. The van der Waals surface area contributed by atoms with Crippen molar-refractivity contribution in [1.29, 1.82) is 0 Å². The number of ether oxygens (including phenoxy) is 2. The zero-order valence-corrected chi connectivity index (χ0v) is 13.7. The van der Waals surface area contributed by atoms with E-state index in [1.807, 2.05) is 18.2 Å². The topological polar surface area (TPSA) is 43.4 Å². The van der Waals surface area contributed by atoms with Crippen LogP contribution in [0.4, 0.5) is 10.8 Å². The third-order valence-electron chi connectivity index (χ3n) is 3.50. The average molecular weight is 314 g/mol. The Morgan fingerprint density at radius 1 is 1.05 bits per heavy atom. The average Bonchev–Trinajstić information content (AvgIpc) is 2.95. The molecule has 114 valence electrons. The first kappa shape index (κ1) is 14.7. The minimum Gasteiger partial charge on any atom is -0.493 e. The fourth-order valence-corrected chi connectivity index (χ4v) is 3.23. The van der Waals surface area contributed by atoms with Crippen LogP contribution in [-0.2, 0) is 6.42 Å². The Morgan fingerprint density at radius 2 is 1.86 bits per heavy atom. The van der Waals surface area contributed by atoms with Gasteiger partial charge in [-0.15, -0.1) is 0 Å². The Hall–Kier alpha value is -2.27. The molecule has 0 bridgehead atoms. The number of nitrogens with zero attached hydrogens (tertiary/aromatic N) is 1. The van der Waals surface area contributed by atoms with Gasteiger partial charge >= 0.3 is 0 Å². The molecular weight excluding hydrogens is 296 g/mol. The summed E-state index contributed by atoms with van der Waals surface area (Å²) in [5.74, 6) is 1.41. The number of methoxy groups -OCH3 is 2. The minimum absolute atomic E-state index is 0.696. The highest BCUT2D eigenvalue weighted by Gasteiger charge is 2.08. The Labute approximate surface area is 133 Å². The first-order valence-electron chi connectivity index (χ1n) is 7.12. The molecule has 3 rings (SSSR count). The van der Waals surface area contributed by atoms with Crippen LogP contribution in [0.25, 0.3) is 10.2 Å². The van der Waals surface area contributed by atoms with Gasteiger partial charge in [-0.05, 0) is 36.2 Å². The molecule has 0 radical (unpaired) electrons. The van der Waals surface area contributed by atoms with Crippen LogP contribution in [0.3, 0.4) is 0 Å². The van der Waals surface area contributed by atoms with E-state index in [4.69, 9.17) is 9.47 Å². The van der Waals surface area contributed by atoms with Gasteiger partial charge in [-0.25, -0.2) is 4.98 Å². The Kier molecular flexibility index (Phi) is 4.15. The van der Waals surface area contributed by atoms with Crippen LogP contribution in [0.1, 0.15) is 12.5 Å². The van der Waals surface area contributed by atoms with E-state index in [1.54, 1.807) is 25.6 Å². The van der Waals surface area contributed by atoms with Gasteiger partial charge in [-0.2, -0.15) is 0 Å². The Morgan fingerprint density at radius 3 is 2.59 bits per heavy atom. The van der Waals surface area contributed by atoms with Crippen LogP contribution >= 0.6 is 11.3 Å². The zero-order chi connectivity index (χ0) is 15.5. The molecule has 0 saturated heterocycles. The summed E-state index contributed by atoms with van der Waals surface area (Å²) in [6.07, 6.45) is 1.03. The van der Waals surface area contributed by atoms with Crippen molar-refractivity contribution < 1.29 is 9.47 Å². The van der Waals surface area contributed by atoms with Crippen molar-refractivity contribution in [1.82, 2.24) is 4.98 Å². The van der Waals surface area contributed by atoms with E-state index in [9.17, 15) is 0 Å². The summed E-state index contributed by atoms with van der Waals surface area (Å²) in [4.78, 5) is 4.62. The molecule has 1 aromatic heterocycles. The fourth-order valence-electron chi connectivity index (χ4n) is 2.28. The monoisotopic (exact) mass is 314 g/mol. The molecule has 2 aromatic carbocycles. The number of hydrogen-bond acceptors (Lipinski definition) is 5. The van der Waals surface area contributed by atoms with E-state index in [-0.39, 0.29) is 0 Å². The molecule has 0 atom stereocenters. The maximum Gasteiger partial charge on any atom is 0.188 e. The second-order valence-electron chi connectivity index (χ2n) is 4.87. The second-order valence-corrected chi connectivity index (χ2v) is 5.90. The molecule has 4 nitrogen and oxygen atoms in total. The van der Waals surface area contributed by atoms with Crippen LogP contribution < -0.4 is 14.8 Å². The number of anilines is 2. The number of benzene rings is 2. The van der Waals surface area contributed by atoms with Crippen molar-refractivity contribution in [2.75, 3.05) is 19.5 Å². The van der Waals surface area contributed by atoms with Crippen LogP contribution in [0.2, 0.25) is 0 Å². The van der Waals surface area contributed by atoms with Gasteiger partial charge in [-0.3, -0.25) is 0 Å². The lowest BCUT2D eigenvalue weighted by Gasteiger charge is -2.09. The number of fused-ring (bicyclic) bond motifs is 1. The normalized spacial score (nSPS) is 10.7. The first-order valence-corrected chi connectivity index (χ1v) is 7.93. The van der Waals surface area contributed by atoms with Gasteiger partial charge in [0.1, 0.15) is 0 Å². The number of hydrogen-bond donors (Lipinski definition) is 1. The van der Waals surface area contributed by atoms with Gasteiger partial charge in [0.2, 0.25) is 0 Å². The molecule has 0 fully saturated rings. The maximum absolute atomic E-state index is 5.32. The molecule has 22 heavy (non-hydrogen) atoms. The molecule has 5 heteroatoms. The van der Waals surface area contributed by atoms with E-state index in [0.29, 0.717) is 11.5 Å². The predicted molar refractivity (Wildman–Crippen MR) is 91.8 cm³/mol. The third kappa shape index (κ3) is 2.85. The molecule has 3 aromatic rings. The van der Waals surface area contributed by atoms with Gasteiger partial charge in [-0.1, -0.05) is 24.3 Å². The molecule has 0 aliphatic carbocycles. The van der Waals surface area contributed by atoms with E-state index >= 15 is 0 Å². The van der Waals surface area contributed by atoms with Gasteiger partial charge in [0.05, 0.1) is 24.4 Å². The summed E-state index contributed by atoms with van der Waals surface area (Å²) in [6.45, 7) is 2.16. The molecule has 0 unspecified atom stereocenters. The van der Waals surface area contributed by atoms with Crippen molar-refractivity contribution in [2.45, 2.75) is 13.3 Å². The van der Waals surface area contributed by atoms with Crippen molar-refractivity contribution in [2.24, 2.45) is 0 Å². The number of thiazole rings is 1. The molecule has 1 heterocycles. The van der Waals surface area contributed by atoms with Crippen LogP contribution in [0.5, 0.6) is 11.5 Å². The van der Waals surface area contributed by atoms with Crippen molar-refractivity contribution in [3.8, 4) is 11.5 Å².